The molecular weight excluding hydrogens is 226 g/mol. The highest BCUT2D eigenvalue weighted by atomic mass is 16.3. The van der Waals surface area contributed by atoms with E-state index < -0.39 is 6.10 Å². The summed E-state index contributed by atoms with van der Waals surface area (Å²) >= 11 is 0. The van der Waals surface area contributed by atoms with E-state index in [4.69, 9.17) is 5.11 Å². The summed E-state index contributed by atoms with van der Waals surface area (Å²) in [5.74, 6) is 0. The van der Waals surface area contributed by atoms with Crippen LogP contribution in [0.15, 0.2) is 18.2 Å². The van der Waals surface area contributed by atoms with Crippen molar-refractivity contribution in [3.63, 3.8) is 0 Å². The third-order valence-corrected chi connectivity index (χ3v) is 3.77. The normalized spacial score (nSPS) is 17.2. The summed E-state index contributed by atoms with van der Waals surface area (Å²) in [5.41, 5.74) is 3.44. The lowest BCUT2D eigenvalue weighted by molar-refractivity contribution is 0.0952. The van der Waals surface area contributed by atoms with Crippen LogP contribution in [0, 0.1) is 13.8 Å². The van der Waals surface area contributed by atoms with Gasteiger partial charge in [0, 0.05) is 19.1 Å². The van der Waals surface area contributed by atoms with Gasteiger partial charge in [0.1, 0.15) is 0 Å². The Hall–Kier alpha value is -0.900. The predicted molar refractivity (Wildman–Crippen MR) is 72.6 cm³/mol. The number of rotatable bonds is 6. The van der Waals surface area contributed by atoms with Gasteiger partial charge in [0.25, 0.3) is 0 Å². The van der Waals surface area contributed by atoms with Gasteiger partial charge in [-0.25, -0.2) is 0 Å². The van der Waals surface area contributed by atoms with Crippen LogP contribution in [0.3, 0.4) is 0 Å². The molecule has 2 N–H and O–H groups in total. The minimum atomic E-state index is -0.462. The molecule has 100 valence electrons. The third kappa shape index (κ3) is 3.31. The smallest absolute Gasteiger partial charge is 0.0917 e. The lowest BCUT2D eigenvalue weighted by Gasteiger charge is -2.24. The lowest BCUT2D eigenvalue weighted by atomic mass is 10.0. The second kappa shape index (κ2) is 5.83. The van der Waals surface area contributed by atoms with E-state index in [1.165, 1.54) is 24.0 Å². The van der Waals surface area contributed by atoms with Crippen LogP contribution in [0.5, 0.6) is 0 Å². The van der Waals surface area contributed by atoms with Gasteiger partial charge in [-0.05, 0) is 43.4 Å². The van der Waals surface area contributed by atoms with Crippen LogP contribution >= 0.6 is 0 Å². The Bertz CT molecular complexity index is 401. The topological polar surface area (TPSA) is 43.7 Å². The summed E-state index contributed by atoms with van der Waals surface area (Å²) in [6, 6.07) is 6.68. The molecule has 1 aliphatic rings. The molecule has 1 saturated carbocycles. The summed E-state index contributed by atoms with van der Waals surface area (Å²) in [4.78, 5) is 2.19. The highest BCUT2D eigenvalue weighted by Gasteiger charge is 2.29. The summed E-state index contributed by atoms with van der Waals surface area (Å²) in [7, 11) is 0. The molecule has 1 atom stereocenters. The maximum atomic E-state index is 10.3. The molecule has 3 nitrogen and oxygen atoms in total. The van der Waals surface area contributed by atoms with Gasteiger partial charge in [0.05, 0.1) is 12.7 Å². The summed E-state index contributed by atoms with van der Waals surface area (Å²) in [6.45, 7) is 5.59. The van der Waals surface area contributed by atoms with Crippen molar-refractivity contribution in [1.29, 1.82) is 0 Å². The molecule has 3 heteroatoms. The second-order valence-electron chi connectivity index (χ2n) is 5.31. The SMILES string of the molecule is Cc1ccc([C@@H](O)CN(CCO)C2CC2)cc1C. The summed E-state index contributed by atoms with van der Waals surface area (Å²) in [6.07, 6.45) is 1.93. The lowest BCUT2D eigenvalue weighted by Crippen LogP contribution is -2.33. The van der Waals surface area contributed by atoms with E-state index in [2.05, 4.69) is 30.9 Å². The molecule has 0 heterocycles. The van der Waals surface area contributed by atoms with E-state index in [0.717, 1.165) is 5.56 Å². The highest BCUT2D eigenvalue weighted by molar-refractivity contribution is 5.31. The zero-order valence-corrected chi connectivity index (χ0v) is 11.3. The van der Waals surface area contributed by atoms with E-state index in [1.807, 2.05) is 6.07 Å². The van der Waals surface area contributed by atoms with E-state index in [0.29, 0.717) is 19.1 Å². The molecule has 2 rings (SSSR count). The van der Waals surface area contributed by atoms with E-state index >= 15 is 0 Å². The number of hydrogen-bond donors (Lipinski definition) is 2. The van der Waals surface area contributed by atoms with Gasteiger partial charge in [0.15, 0.2) is 0 Å². The Morgan fingerprint density at radius 1 is 1.28 bits per heavy atom. The Kier molecular flexibility index (Phi) is 4.38. The van der Waals surface area contributed by atoms with Crippen molar-refractivity contribution in [3.8, 4) is 0 Å². The van der Waals surface area contributed by atoms with Crippen LogP contribution in [0.25, 0.3) is 0 Å². The molecular formula is C15H23NO2. The second-order valence-corrected chi connectivity index (χ2v) is 5.31. The Morgan fingerprint density at radius 3 is 2.56 bits per heavy atom. The molecule has 0 amide bonds. The number of aryl methyl sites for hydroxylation is 2. The monoisotopic (exact) mass is 249 g/mol. The molecule has 0 bridgehead atoms. The molecule has 0 spiro atoms. The van der Waals surface area contributed by atoms with Gasteiger partial charge < -0.3 is 10.2 Å². The van der Waals surface area contributed by atoms with Crippen LogP contribution in [0.4, 0.5) is 0 Å². The Balaban J connectivity index is 2.00. The van der Waals surface area contributed by atoms with Crippen LogP contribution in [0.1, 0.15) is 35.6 Å². The molecule has 0 radical (unpaired) electrons. The van der Waals surface area contributed by atoms with Gasteiger partial charge in [0.2, 0.25) is 0 Å². The van der Waals surface area contributed by atoms with Crippen molar-refractivity contribution in [1.82, 2.24) is 4.90 Å². The van der Waals surface area contributed by atoms with Crippen molar-refractivity contribution in [2.24, 2.45) is 0 Å². The minimum absolute atomic E-state index is 0.163. The van der Waals surface area contributed by atoms with Gasteiger partial charge in [-0.2, -0.15) is 0 Å². The third-order valence-electron chi connectivity index (χ3n) is 3.77. The molecule has 18 heavy (non-hydrogen) atoms. The maximum Gasteiger partial charge on any atom is 0.0917 e. The van der Waals surface area contributed by atoms with Crippen LogP contribution in [0.2, 0.25) is 0 Å². The zero-order valence-electron chi connectivity index (χ0n) is 11.3. The van der Waals surface area contributed by atoms with Gasteiger partial charge in [-0.15, -0.1) is 0 Å². The molecule has 1 aromatic carbocycles. The molecule has 1 aliphatic carbocycles. The van der Waals surface area contributed by atoms with Gasteiger partial charge >= 0.3 is 0 Å². The number of aliphatic hydroxyl groups excluding tert-OH is 2. The first-order valence-corrected chi connectivity index (χ1v) is 6.72. The number of aliphatic hydroxyl groups is 2. The standard InChI is InChI=1S/C15H23NO2/c1-11-3-4-13(9-12(11)2)15(18)10-16(7-8-17)14-5-6-14/h3-4,9,14-15,17-18H,5-8,10H2,1-2H3/t15-/m0/s1. The van der Waals surface area contributed by atoms with Crippen molar-refractivity contribution >= 4 is 0 Å². The van der Waals surface area contributed by atoms with Crippen molar-refractivity contribution in [3.05, 3.63) is 34.9 Å². The fourth-order valence-corrected chi connectivity index (χ4v) is 2.29. The quantitative estimate of drug-likeness (QED) is 0.808. The van der Waals surface area contributed by atoms with Crippen molar-refractivity contribution in [2.45, 2.75) is 38.8 Å². The summed E-state index contributed by atoms with van der Waals surface area (Å²) < 4.78 is 0. The molecule has 0 unspecified atom stereocenters. The molecule has 0 aromatic heterocycles. The number of nitrogens with zero attached hydrogens (tertiary/aromatic N) is 1. The first kappa shape index (κ1) is 13.5. The van der Waals surface area contributed by atoms with E-state index in [-0.39, 0.29) is 6.61 Å². The number of hydrogen-bond acceptors (Lipinski definition) is 3. The summed E-state index contributed by atoms with van der Waals surface area (Å²) in [5, 5.41) is 19.3. The highest BCUT2D eigenvalue weighted by Crippen LogP contribution is 2.28. The fourth-order valence-electron chi connectivity index (χ4n) is 2.29. The Labute approximate surface area is 109 Å². The molecule has 1 aromatic rings. The number of benzene rings is 1. The largest absolute Gasteiger partial charge is 0.395 e. The fraction of sp³-hybridized carbons (Fsp3) is 0.600. The van der Waals surface area contributed by atoms with Crippen LogP contribution < -0.4 is 0 Å². The molecule has 0 saturated heterocycles. The van der Waals surface area contributed by atoms with Crippen LogP contribution in [-0.2, 0) is 0 Å². The van der Waals surface area contributed by atoms with E-state index in [9.17, 15) is 5.11 Å². The molecule has 1 fully saturated rings. The van der Waals surface area contributed by atoms with E-state index in [1.54, 1.807) is 0 Å². The zero-order chi connectivity index (χ0) is 13.1. The van der Waals surface area contributed by atoms with Crippen molar-refractivity contribution < 1.29 is 10.2 Å². The van der Waals surface area contributed by atoms with Gasteiger partial charge in [-0.1, -0.05) is 18.2 Å². The average Bonchev–Trinajstić information content (AvgIpc) is 3.16. The van der Waals surface area contributed by atoms with Crippen molar-refractivity contribution in [2.75, 3.05) is 19.7 Å². The van der Waals surface area contributed by atoms with Gasteiger partial charge in [-0.3, -0.25) is 4.90 Å². The first-order valence-electron chi connectivity index (χ1n) is 6.72. The average molecular weight is 249 g/mol. The van der Waals surface area contributed by atoms with Crippen LogP contribution in [-0.4, -0.2) is 40.9 Å². The predicted octanol–water partition coefficient (Wildman–Crippen LogP) is 1.79. The maximum absolute atomic E-state index is 10.3. The minimum Gasteiger partial charge on any atom is -0.395 e. The molecule has 0 aliphatic heterocycles. The first-order chi connectivity index (χ1) is 8.61. The Morgan fingerprint density at radius 2 is 2.00 bits per heavy atom.